The maximum absolute atomic E-state index is 12.1. The summed E-state index contributed by atoms with van der Waals surface area (Å²) in [5.41, 5.74) is 0.125. The number of allylic oxidation sites excluding steroid dienone is 1. The third-order valence-electron chi connectivity index (χ3n) is 3.12. The predicted octanol–water partition coefficient (Wildman–Crippen LogP) is 3.87. The van der Waals surface area contributed by atoms with Crippen molar-refractivity contribution in [2.75, 3.05) is 19.4 Å². The molecule has 1 aromatic carbocycles. The lowest BCUT2D eigenvalue weighted by molar-refractivity contribution is 0.0635. The van der Waals surface area contributed by atoms with Crippen LogP contribution in [-0.4, -0.2) is 46.4 Å². The van der Waals surface area contributed by atoms with Gasteiger partial charge < -0.3 is 14.4 Å². The molecule has 1 N–H and O–H groups in total. The number of anilines is 1. The van der Waals surface area contributed by atoms with Crippen molar-refractivity contribution < 1.29 is 19.1 Å². The summed E-state index contributed by atoms with van der Waals surface area (Å²) < 4.78 is 10.9. The normalized spacial score (nSPS) is 11.2. The summed E-state index contributed by atoms with van der Waals surface area (Å²) in [6.45, 7) is 5.36. The maximum atomic E-state index is 12.1. The van der Waals surface area contributed by atoms with Crippen LogP contribution in [0.1, 0.15) is 31.3 Å². The van der Waals surface area contributed by atoms with Gasteiger partial charge in [-0.25, -0.2) is 14.8 Å². The quantitative estimate of drug-likeness (QED) is 0.597. The lowest BCUT2D eigenvalue weighted by Gasteiger charge is -2.19. The van der Waals surface area contributed by atoms with Crippen molar-refractivity contribution in [1.29, 1.82) is 0 Å². The van der Waals surface area contributed by atoms with E-state index in [2.05, 4.69) is 15.3 Å². The van der Waals surface area contributed by atoms with Crippen LogP contribution in [0.3, 0.4) is 0 Å². The van der Waals surface area contributed by atoms with Crippen molar-refractivity contribution >= 4 is 17.6 Å². The topological polar surface area (TPSA) is 93.7 Å². The number of carbonyl (C=O) groups excluding carboxylic acids is 2. The minimum absolute atomic E-state index is 0.214. The first-order chi connectivity index (χ1) is 13.1. The van der Waals surface area contributed by atoms with Gasteiger partial charge in [0.15, 0.2) is 0 Å². The fourth-order valence-corrected chi connectivity index (χ4v) is 2.01. The van der Waals surface area contributed by atoms with Crippen molar-refractivity contribution in [2.45, 2.75) is 26.4 Å². The van der Waals surface area contributed by atoms with E-state index < -0.39 is 11.7 Å². The first-order valence-electron chi connectivity index (χ1n) is 8.61. The third kappa shape index (κ3) is 7.06. The highest BCUT2D eigenvalue weighted by molar-refractivity contribution is 6.03. The maximum Gasteiger partial charge on any atom is 0.412 e. The summed E-state index contributed by atoms with van der Waals surface area (Å²) in [6, 6.07) is 8.21. The van der Waals surface area contributed by atoms with E-state index in [-0.39, 0.29) is 17.4 Å². The van der Waals surface area contributed by atoms with Crippen LogP contribution in [-0.2, 0) is 4.74 Å². The Hall–Kier alpha value is -3.42. The molecule has 8 nitrogen and oxygen atoms in total. The van der Waals surface area contributed by atoms with Crippen molar-refractivity contribution in [2.24, 2.45) is 0 Å². The van der Waals surface area contributed by atoms with E-state index in [1.54, 1.807) is 56.1 Å². The van der Waals surface area contributed by atoms with Gasteiger partial charge in [-0.3, -0.25) is 10.1 Å². The van der Waals surface area contributed by atoms with Gasteiger partial charge in [-0.15, -0.1) is 0 Å². The van der Waals surface area contributed by atoms with Crippen LogP contribution in [0.2, 0.25) is 0 Å². The first-order valence-corrected chi connectivity index (χ1v) is 8.61. The molecule has 0 bridgehead atoms. The second-order valence-corrected chi connectivity index (χ2v) is 7.14. The molecule has 148 valence electrons. The molecule has 2 rings (SSSR count). The van der Waals surface area contributed by atoms with Gasteiger partial charge >= 0.3 is 6.09 Å². The molecular weight excluding hydrogens is 360 g/mol. The highest BCUT2D eigenvalue weighted by atomic mass is 16.6. The van der Waals surface area contributed by atoms with E-state index in [4.69, 9.17) is 9.47 Å². The number of rotatable bonds is 6. The molecule has 0 aliphatic carbocycles. The van der Waals surface area contributed by atoms with Crippen molar-refractivity contribution in [3.05, 3.63) is 54.6 Å². The average molecular weight is 384 g/mol. The van der Waals surface area contributed by atoms with Gasteiger partial charge in [0.2, 0.25) is 11.7 Å². The van der Waals surface area contributed by atoms with E-state index in [9.17, 15) is 9.59 Å². The van der Waals surface area contributed by atoms with Crippen molar-refractivity contribution in [3.63, 3.8) is 0 Å². The number of hydrogen-bond acceptors (Lipinski definition) is 7. The van der Waals surface area contributed by atoms with Crippen LogP contribution in [0.4, 0.5) is 10.5 Å². The van der Waals surface area contributed by atoms with E-state index in [0.717, 1.165) is 0 Å². The number of benzene rings is 1. The molecule has 8 heteroatoms. The summed E-state index contributed by atoms with van der Waals surface area (Å²) >= 11 is 0. The molecule has 28 heavy (non-hydrogen) atoms. The Balaban J connectivity index is 2.09. The van der Waals surface area contributed by atoms with Gasteiger partial charge in [-0.1, -0.05) is 6.07 Å². The Kier molecular flexibility index (Phi) is 6.70. The average Bonchev–Trinajstić information content (AvgIpc) is 2.58. The summed E-state index contributed by atoms with van der Waals surface area (Å²) in [7, 11) is 3.63. The largest absolute Gasteiger partial charge is 0.444 e. The summed E-state index contributed by atoms with van der Waals surface area (Å²) in [6.07, 6.45) is 3.75. The van der Waals surface area contributed by atoms with E-state index in [0.29, 0.717) is 11.4 Å². The molecule has 0 saturated heterocycles. The van der Waals surface area contributed by atoms with E-state index in [1.807, 2.05) is 14.1 Å². The number of aromatic nitrogens is 2. The minimum atomic E-state index is -0.594. The third-order valence-corrected chi connectivity index (χ3v) is 3.12. The molecule has 1 amide bonds. The molecule has 0 unspecified atom stereocenters. The van der Waals surface area contributed by atoms with Gasteiger partial charge in [-0.05, 0) is 32.9 Å². The Labute approximate surface area is 164 Å². The molecule has 0 radical (unpaired) electrons. The standard InChI is InChI=1S/C20H24N4O4/c1-20(2,3)28-19(26)23-14-7-6-8-15(11-14)27-18-12-16(21-13-22-18)17(25)9-10-24(4)5/h6-13H,1-5H3,(H,23,26). The van der Waals surface area contributed by atoms with E-state index in [1.165, 1.54) is 18.5 Å². The summed E-state index contributed by atoms with van der Waals surface area (Å²) in [5, 5.41) is 2.64. The number of amides is 1. The molecule has 1 heterocycles. The molecule has 0 fully saturated rings. The van der Waals surface area contributed by atoms with Crippen LogP contribution in [0, 0.1) is 0 Å². The van der Waals surface area contributed by atoms with Gasteiger partial charge in [0, 0.05) is 44.2 Å². The Morgan fingerprint density at radius 2 is 1.89 bits per heavy atom. The van der Waals surface area contributed by atoms with Crippen LogP contribution in [0.15, 0.2) is 48.9 Å². The number of ketones is 1. The Bertz CT molecular complexity index is 873. The van der Waals surface area contributed by atoms with Crippen LogP contribution < -0.4 is 10.1 Å². The van der Waals surface area contributed by atoms with Gasteiger partial charge in [0.1, 0.15) is 23.4 Å². The Morgan fingerprint density at radius 1 is 1.14 bits per heavy atom. The molecular formula is C20H24N4O4. The zero-order valence-corrected chi connectivity index (χ0v) is 16.6. The van der Waals surface area contributed by atoms with Gasteiger partial charge in [0.05, 0.1) is 0 Å². The van der Waals surface area contributed by atoms with Crippen LogP contribution >= 0.6 is 0 Å². The molecule has 0 saturated carbocycles. The number of ether oxygens (including phenoxy) is 2. The van der Waals surface area contributed by atoms with Crippen molar-refractivity contribution in [3.8, 4) is 11.6 Å². The predicted molar refractivity (Wildman–Crippen MR) is 106 cm³/mol. The summed E-state index contributed by atoms with van der Waals surface area (Å²) in [4.78, 5) is 33.7. The minimum Gasteiger partial charge on any atom is -0.444 e. The zero-order valence-electron chi connectivity index (χ0n) is 16.6. The zero-order chi connectivity index (χ0) is 20.7. The SMILES string of the molecule is CN(C)C=CC(=O)c1cc(Oc2cccc(NC(=O)OC(C)(C)C)c2)ncn1. The fraction of sp³-hybridized carbons (Fsp3) is 0.300. The second kappa shape index (κ2) is 8.98. The van der Waals surface area contributed by atoms with Gasteiger partial charge in [0.25, 0.3) is 0 Å². The Morgan fingerprint density at radius 3 is 2.57 bits per heavy atom. The number of nitrogens with zero attached hydrogens (tertiary/aromatic N) is 3. The van der Waals surface area contributed by atoms with Crippen molar-refractivity contribution in [1.82, 2.24) is 14.9 Å². The molecule has 2 aromatic rings. The molecule has 0 aliphatic rings. The summed E-state index contributed by atoms with van der Waals surface area (Å²) in [5.74, 6) is 0.391. The second-order valence-electron chi connectivity index (χ2n) is 7.14. The molecule has 0 spiro atoms. The number of nitrogens with one attached hydrogen (secondary N) is 1. The number of hydrogen-bond donors (Lipinski definition) is 1. The molecule has 1 aromatic heterocycles. The van der Waals surface area contributed by atoms with Crippen LogP contribution in [0.25, 0.3) is 0 Å². The van der Waals surface area contributed by atoms with E-state index >= 15 is 0 Å². The molecule has 0 aliphatic heterocycles. The first kappa shape index (κ1) is 20.9. The highest BCUT2D eigenvalue weighted by Crippen LogP contribution is 2.23. The lowest BCUT2D eigenvalue weighted by Crippen LogP contribution is -2.27. The van der Waals surface area contributed by atoms with Gasteiger partial charge in [-0.2, -0.15) is 0 Å². The smallest absolute Gasteiger partial charge is 0.412 e. The lowest BCUT2D eigenvalue weighted by atomic mass is 10.2. The van der Waals surface area contributed by atoms with Crippen LogP contribution in [0.5, 0.6) is 11.6 Å². The monoisotopic (exact) mass is 384 g/mol. The fourth-order valence-electron chi connectivity index (χ4n) is 2.01. The molecule has 0 atom stereocenters. The highest BCUT2D eigenvalue weighted by Gasteiger charge is 2.16. The number of carbonyl (C=O) groups is 2.